The third kappa shape index (κ3) is 4.51. The predicted octanol–water partition coefficient (Wildman–Crippen LogP) is 0.108. The molecule has 3 heterocycles. The topological polar surface area (TPSA) is 96.3 Å². The molecule has 1 aromatic rings. The number of alkyl halides is 2. The molecule has 2 N–H and O–H groups in total. The maximum absolute atomic E-state index is 13.2. The number of aromatic nitrogens is 2. The van der Waals surface area contributed by atoms with Crippen LogP contribution in [-0.2, 0) is 21.9 Å². The molecule has 1 unspecified atom stereocenters. The molecule has 26 heavy (non-hydrogen) atoms. The summed E-state index contributed by atoms with van der Waals surface area (Å²) in [4.78, 5) is 12.2. The molecule has 1 aromatic heterocycles. The van der Waals surface area contributed by atoms with Crippen LogP contribution in [0.2, 0.25) is 0 Å². The fraction of sp³-hybridized carbons (Fsp3) is 0.714. The van der Waals surface area contributed by atoms with Crippen molar-refractivity contribution in [2.45, 2.75) is 42.2 Å². The molecule has 0 aliphatic carbocycles. The van der Waals surface area contributed by atoms with E-state index in [1.165, 1.54) is 21.4 Å². The molecule has 2 saturated heterocycles. The lowest BCUT2D eigenvalue weighted by Crippen LogP contribution is -2.50. The maximum Gasteiger partial charge on any atom is 0.262 e. The van der Waals surface area contributed by atoms with Crippen LogP contribution in [-0.4, -0.2) is 66.1 Å². The highest BCUT2D eigenvalue weighted by molar-refractivity contribution is 7.89. The molecule has 0 saturated carbocycles. The van der Waals surface area contributed by atoms with Crippen molar-refractivity contribution in [2.75, 3.05) is 19.6 Å². The Morgan fingerprint density at radius 1 is 1.38 bits per heavy atom. The van der Waals surface area contributed by atoms with Crippen LogP contribution in [0.15, 0.2) is 17.3 Å². The average molecular weight is 414 g/mol. The van der Waals surface area contributed by atoms with E-state index in [9.17, 15) is 22.0 Å². The number of carbonyl (C=O) groups excluding carboxylic acids is 1. The Hall–Kier alpha value is -1.30. The van der Waals surface area contributed by atoms with Gasteiger partial charge in [-0.25, -0.2) is 17.2 Å². The molecule has 8 nitrogen and oxygen atoms in total. The monoisotopic (exact) mass is 413 g/mol. The van der Waals surface area contributed by atoms with Gasteiger partial charge < -0.3 is 5.32 Å². The second-order valence-electron chi connectivity index (χ2n) is 6.53. The minimum Gasteiger partial charge on any atom is -0.352 e. The van der Waals surface area contributed by atoms with Crippen LogP contribution in [0.1, 0.15) is 19.3 Å². The fourth-order valence-corrected chi connectivity index (χ4v) is 4.58. The van der Waals surface area contributed by atoms with Gasteiger partial charge in [-0.1, -0.05) is 0 Å². The number of hydrogen-bond acceptors (Lipinski definition) is 5. The number of rotatable bonds is 4. The summed E-state index contributed by atoms with van der Waals surface area (Å²) in [7, 11) is -1.96. The molecule has 1 atom stereocenters. The minimum atomic E-state index is -3.60. The molecule has 2 aliphatic rings. The van der Waals surface area contributed by atoms with Gasteiger partial charge >= 0.3 is 0 Å². The number of amides is 1. The molecule has 1 amide bonds. The number of carbonyl (C=O) groups is 1. The Labute approximate surface area is 156 Å². The second-order valence-corrected chi connectivity index (χ2v) is 8.47. The molecule has 12 heteroatoms. The Balaban J connectivity index is 0.00000243. The van der Waals surface area contributed by atoms with Gasteiger partial charge in [-0.15, -0.1) is 12.4 Å². The molecular formula is C14H22ClF2N5O3S. The molecule has 2 fully saturated rings. The molecule has 0 radical (unpaired) electrons. The molecule has 3 rings (SSSR count). The van der Waals surface area contributed by atoms with Gasteiger partial charge in [-0.3, -0.25) is 14.8 Å². The largest absolute Gasteiger partial charge is 0.352 e. The Kier molecular flexibility index (Phi) is 6.26. The quantitative estimate of drug-likeness (QED) is 0.730. The van der Waals surface area contributed by atoms with Crippen molar-refractivity contribution < 1.29 is 22.0 Å². The first kappa shape index (κ1) is 21.0. The number of nitrogens with zero attached hydrogens (tertiary/aromatic N) is 3. The summed E-state index contributed by atoms with van der Waals surface area (Å²) < 4.78 is 54.1. The molecule has 148 valence electrons. The molecular weight excluding hydrogens is 392 g/mol. The highest BCUT2D eigenvalue weighted by Gasteiger charge is 2.42. The molecule has 2 aliphatic heterocycles. The third-order valence-corrected chi connectivity index (χ3v) is 6.40. The van der Waals surface area contributed by atoms with E-state index < -0.39 is 40.9 Å². The zero-order chi connectivity index (χ0) is 18.2. The van der Waals surface area contributed by atoms with Crippen LogP contribution in [0.4, 0.5) is 8.78 Å². The lowest BCUT2D eigenvalue weighted by atomic mass is 10.1. The molecule has 0 aromatic carbocycles. The number of nitrogens with one attached hydrogen (secondary N) is 2. The third-order valence-electron chi connectivity index (χ3n) is 4.55. The maximum atomic E-state index is 13.2. The van der Waals surface area contributed by atoms with Crippen LogP contribution >= 0.6 is 12.4 Å². The standard InChI is InChI=1S/C14H21F2N5O3S.ClH/c1-20-8-11(7-18-20)25(23,24)21-4-2-10(3-5-21)19-13(22)12-6-14(15,16)9-17-12;/h7-8,10,12,17H,2-6,9H2,1H3,(H,19,22);1H. The van der Waals surface area contributed by atoms with E-state index in [4.69, 9.17) is 0 Å². The summed E-state index contributed by atoms with van der Waals surface area (Å²) in [5.74, 6) is -3.31. The van der Waals surface area contributed by atoms with Crippen molar-refractivity contribution >= 4 is 28.3 Å². The van der Waals surface area contributed by atoms with Crippen molar-refractivity contribution in [3.63, 3.8) is 0 Å². The number of piperidine rings is 1. The van der Waals surface area contributed by atoms with Crippen molar-refractivity contribution in [3.05, 3.63) is 12.4 Å². The lowest BCUT2D eigenvalue weighted by molar-refractivity contribution is -0.124. The first-order valence-corrected chi connectivity index (χ1v) is 9.52. The number of aryl methyl sites for hydroxylation is 1. The average Bonchev–Trinajstić information content (AvgIpc) is 3.14. The van der Waals surface area contributed by atoms with Crippen LogP contribution < -0.4 is 10.6 Å². The summed E-state index contributed by atoms with van der Waals surface area (Å²) in [5.41, 5.74) is 0. The van der Waals surface area contributed by atoms with Gasteiger partial charge in [-0.05, 0) is 12.8 Å². The van der Waals surface area contributed by atoms with E-state index in [1.807, 2.05) is 0 Å². The van der Waals surface area contributed by atoms with Gasteiger partial charge in [0, 0.05) is 38.8 Å². The summed E-state index contributed by atoms with van der Waals surface area (Å²) in [6.07, 6.45) is 3.11. The first-order valence-electron chi connectivity index (χ1n) is 8.08. The highest BCUT2D eigenvalue weighted by Crippen LogP contribution is 2.25. The van der Waals surface area contributed by atoms with Crippen LogP contribution in [0.5, 0.6) is 0 Å². The minimum absolute atomic E-state index is 0. The van der Waals surface area contributed by atoms with E-state index in [2.05, 4.69) is 15.7 Å². The van der Waals surface area contributed by atoms with Gasteiger partial charge in [0.2, 0.25) is 15.9 Å². The van der Waals surface area contributed by atoms with Crippen molar-refractivity contribution in [1.29, 1.82) is 0 Å². The van der Waals surface area contributed by atoms with Crippen LogP contribution in [0, 0.1) is 0 Å². The second kappa shape index (κ2) is 7.75. The van der Waals surface area contributed by atoms with Crippen molar-refractivity contribution in [2.24, 2.45) is 7.05 Å². The van der Waals surface area contributed by atoms with Crippen molar-refractivity contribution in [3.8, 4) is 0 Å². The van der Waals surface area contributed by atoms with Crippen LogP contribution in [0.3, 0.4) is 0 Å². The number of halogens is 3. The number of sulfonamides is 1. The Morgan fingerprint density at radius 2 is 2.04 bits per heavy atom. The summed E-state index contributed by atoms with van der Waals surface area (Å²) in [6.45, 7) is 0.0275. The normalized spacial score (nSPS) is 24.2. The van der Waals surface area contributed by atoms with Gasteiger partial charge in [0.25, 0.3) is 5.92 Å². The van der Waals surface area contributed by atoms with Crippen LogP contribution in [0.25, 0.3) is 0 Å². The van der Waals surface area contributed by atoms with Gasteiger partial charge in [0.05, 0.1) is 18.8 Å². The smallest absolute Gasteiger partial charge is 0.262 e. The molecule has 0 spiro atoms. The highest BCUT2D eigenvalue weighted by atomic mass is 35.5. The van der Waals surface area contributed by atoms with Gasteiger partial charge in [0.1, 0.15) is 4.90 Å². The molecule has 0 bridgehead atoms. The predicted molar refractivity (Wildman–Crippen MR) is 91.7 cm³/mol. The first-order chi connectivity index (χ1) is 11.7. The Morgan fingerprint density at radius 3 is 2.54 bits per heavy atom. The van der Waals surface area contributed by atoms with E-state index in [-0.39, 0.29) is 36.4 Å². The van der Waals surface area contributed by atoms with E-state index in [1.54, 1.807) is 7.05 Å². The summed E-state index contributed by atoms with van der Waals surface area (Å²) in [5, 5.41) is 9.13. The van der Waals surface area contributed by atoms with Crippen molar-refractivity contribution in [1.82, 2.24) is 24.7 Å². The summed E-state index contributed by atoms with van der Waals surface area (Å²) in [6, 6.07) is -1.11. The van der Waals surface area contributed by atoms with E-state index in [0.29, 0.717) is 12.8 Å². The van der Waals surface area contributed by atoms with E-state index in [0.717, 1.165) is 0 Å². The van der Waals surface area contributed by atoms with Gasteiger partial charge in [-0.2, -0.15) is 9.40 Å². The fourth-order valence-electron chi connectivity index (χ4n) is 3.12. The lowest BCUT2D eigenvalue weighted by Gasteiger charge is -2.31. The summed E-state index contributed by atoms with van der Waals surface area (Å²) >= 11 is 0. The zero-order valence-electron chi connectivity index (χ0n) is 14.2. The zero-order valence-corrected chi connectivity index (χ0v) is 15.8. The number of hydrogen-bond donors (Lipinski definition) is 2. The van der Waals surface area contributed by atoms with Gasteiger partial charge in [0.15, 0.2) is 0 Å². The van der Waals surface area contributed by atoms with E-state index >= 15 is 0 Å². The Bertz CT molecular complexity index is 750. The SMILES string of the molecule is Cl.Cn1cc(S(=O)(=O)N2CCC(NC(=O)C3CC(F)(F)CN3)CC2)cn1.